The molecule has 0 fully saturated rings. The van der Waals surface area contributed by atoms with Gasteiger partial charge in [-0.15, -0.1) is 22.7 Å². The molecule has 45 heavy (non-hydrogen) atoms. The maximum Gasteiger partial charge on any atom is 0.235 e. The van der Waals surface area contributed by atoms with E-state index in [0.29, 0.717) is 5.95 Å². The van der Waals surface area contributed by atoms with Crippen LogP contribution in [0.4, 0.5) is 0 Å². The fourth-order valence-electron chi connectivity index (χ4n) is 6.79. The van der Waals surface area contributed by atoms with Gasteiger partial charge in [-0.3, -0.25) is 4.57 Å². The van der Waals surface area contributed by atoms with Gasteiger partial charge in [-0.05, 0) is 35.4 Å². The molecule has 0 amide bonds. The molecule has 4 aromatic heterocycles. The van der Waals surface area contributed by atoms with Gasteiger partial charge >= 0.3 is 0 Å². The first-order chi connectivity index (χ1) is 22.3. The molecule has 6 aromatic carbocycles. The van der Waals surface area contributed by atoms with Gasteiger partial charge in [0.15, 0.2) is 0 Å². The molecule has 0 atom stereocenters. The van der Waals surface area contributed by atoms with Crippen LogP contribution in [0.1, 0.15) is 0 Å². The van der Waals surface area contributed by atoms with E-state index < -0.39 is 0 Å². The zero-order chi connectivity index (χ0) is 29.5. The molecule has 0 unspecified atom stereocenters. The van der Waals surface area contributed by atoms with Crippen LogP contribution in [0.5, 0.6) is 0 Å². The fraction of sp³-hybridized carbons (Fsp3) is 0. The van der Waals surface area contributed by atoms with E-state index in [-0.39, 0.29) is 0 Å². The minimum Gasteiger partial charge on any atom is -0.276 e. The quantitative estimate of drug-likeness (QED) is 0.199. The number of nitrogens with zero attached hydrogens (tertiary/aromatic N) is 3. The van der Waals surface area contributed by atoms with Crippen molar-refractivity contribution in [2.45, 2.75) is 0 Å². The third kappa shape index (κ3) is 3.69. The average molecular weight is 610 g/mol. The van der Waals surface area contributed by atoms with Crippen LogP contribution >= 0.6 is 22.7 Å². The lowest BCUT2D eigenvalue weighted by molar-refractivity contribution is 1.02. The summed E-state index contributed by atoms with van der Waals surface area (Å²) in [4.78, 5) is 10.9. The highest BCUT2D eigenvalue weighted by Gasteiger charge is 2.22. The number of hydrogen-bond acceptors (Lipinski definition) is 4. The highest BCUT2D eigenvalue weighted by atomic mass is 32.1. The van der Waals surface area contributed by atoms with Gasteiger partial charge < -0.3 is 0 Å². The zero-order valence-electron chi connectivity index (χ0n) is 23.9. The molecule has 0 aliphatic heterocycles. The molecule has 0 bridgehead atoms. The third-order valence-corrected chi connectivity index (χ3v) is 11.2. The summed E-state index contributed by atoms with van der Waals surface area (Å²) >= 11 is 3.62. The summed E-state index contributed by atoms with van der Waals surface area (Å²) in [6, 6.07) is 49.8. The van der Waals surface area contributed by atoms with Crippen LogP contribution in [-0.4, -0.2) is 14.5 Å². The number of rotatable bonds is 3. The minimum atomic E-state index is 0.697. The van der Waals surface area contributed by atoms with Crippen LogP contribution in [0.3, 0.4) is 0 Å². The fourth-order valence-corrected chi connectivity index (χ4v) is 9.18. The molecule has 0 N–H and O–H groups in total. The van der Waals surface area contributed by atoms with Gasteiger partial charge in [0, 0.05) is 41.9 Å². The third-order valence-electron chi connectivity index (χ3n) is 8.83. The molecule has 4 heterocycles. The second kappa shape index (κ2) is 9.57. The van der Waals surface area contributed by atoms with E-state index in [2.05, 4.69) is 144 Å². The Kier molecular flexibility index (Phi) is 5.32. The first kappa shape index (κ1) is 25.0. The highest BCUT2D eigenvalue weighted by Crippen LogP contribution is 2.44. The summed E-state index contributed by atoms with van der Waals surface area (Å²) < 4.78 is 7.18. The number of benzene rings is 6. The molecule has 0 spiro atoms. The maximum absolute atomic E-state index is 5.47. The Morgan fingerprint density at radius 2 is 1.09 bits per heavy atom. The molecular formula is C40H23N3S2. The van der Waals surface area contributed by atoms with Gasteiger partial charge in [-0.25, -0.2) is 9.97 Å². The Morgan fingerprint density at radius 1 is 0.444 bits per heavy atom. The van der Waals surface area contributed by atoms with Gasteiger partial charge in [0.25, 0.3) is 0 Å². The van der Waals surface area contributed by atoms with E-state index in [1.54, 1.807) is 11.3 Å². The predicted molar refractivity (Wildman–Crippen MR) is 193 cm³/mol. The Morgan fingerprint density at radius 3 is 1.96 bits per heavy atom. The molecule has 5 heteroatoms. The van der Waals surface area contributed by atoms with E-state index in [1.165, 1.54) is 46.8 Å². The lowest BCUT2D eigenvalue weighted by Gasteiger charge is -2.11. The van der Waals surface area contributed by atoms with E-state index in [9.17, 15) is 0 Å². The zero-order valence-corrected chi connectivity index (χ0v) is 25.6. The van der Waals surface area contributed by atoms with Crippen LogP contribution < -0.4 is 0 Å². The lowest BCUT2D eigenvalue weighted by atomic mass is 10.0. The summed E-state index contributed by atoms with van der Waals surface area (Å²) in [6.07, 6.45) is 0. The monoisotopic (exact) mass is 609 g/mol. The SMILES string of the molecule is c1ccc(-c2cccc(-c3nc(-n4c5ccccc5c5ccc6c7ccccc7sc6c54)nc4c3sc3ccccc34)c2)cc1. The number of hydrogen-bond donors (Lipinski definition) is 0. The Bertz CT molecular complexity index is 2770. The van der Waals surface area contributed by atoms with Crippen molar-refractivity contribution in [2.75, 3.05) is 0 Å². The first-order valence-electron chi connectivity index (χ1n) is 15.0. The van der Waals surface area contributed by atoms with Crippen molar-refractivity contribution >= 4 is 85.0 Å². The van der Waals surface area contributed by atoms with Gasteiger partial charge in [0.05, 0.1) is 31.6 Å². The summed E-state index contributed by atoms with van der Waals surface area (Å²) in [5.41, 5.74) is 7.68. The van der Waals surface area contributed by atoms with E-state index >= 15 is 0 Å². The van der Waals surface area contributed by atoms with Crippen LogP contribution in [0.15, 0.2) is 140 Å². The summed E-state index contributed by atoms with van der Waals surface area (Å²) in [7, 11) is 0. The maximum atomic E-state index is 5.47. The topological polar surface area (TPSA) is 30.7 Å². The van der Waals surface area contributed by atoms with Crippen molar-refractivity contribution < 1.29 is 0 Å². The van der Waals surface area contributed by atoms with Crippen molar-refractivity contribution in [3.05, 3.63) is 140 Å². The summed E-state index contributed by atoms with van der Waals surface area (Å²) in [5.74, 6) is 0.697. The van der Waals surface area contributed by atoms with Crippen LogP contribution in [0.25, 0.3) is 90.6 Å². The largest absolute Gasteiger partial charge is 0.276 e. The normalized spacial score (nSPS) is 12.0. The van der Waals surface area contributed by atoms with Gasteiger partial charge in [-0.2, -0.15) is 0 Å². The highest BCUT2D eigenvalue weighted by molar-refractivity contribution is 7.27. The molecule has 0 aliphatic carbocycles. The Labute approximate surface area is 266 Å². The second-order valence-corrected chi connectivity index (χ2v) is 13.5. The van der Waals surface area contributed by atoms with Gasteiger partial charge in [0.2, 0.25) is 5.95 Å². The number of thiophene rings is 2. The summed E-state index contributed by atoms with van der Waals surface area (Å²) in [6.45, 7) is 0. The second-order valence-electron chi connectivity index (χ2n) is 11.4. The standard InChI is InChI=1S/C40H23N3S2/c1-2-11-24(12-3-1)25-13-10-14-26(23-25)35-39-36(31-17-6-9-20-34(31)45-39)42-40(41-35)43-32-18-7-4-15-27(32)29-21-22-30-28-16-5-8-19-33(28)44-38(30)37(29)43/h1-23H. The molecular weight excluding hydrogens is 587 g/mol. The molecule has 0 aliphatic rings. The molecule has 0 saturated heterocycles. The van der Waals surface area contributed by atoms with Gasteiger partial charge in [0.1, 0.15) is 0 Å². The van der Waals surface area contributed by atoms with E-state index in [0.717, 1.165) is 37.9 Å². The van der Waals surface area contributed by atoms with Crippen molar-refractivity contribution in [2.24, 2.45) is 0 Å². The first-order valence-corrected chi connectivity index (χ1v) is 16.6. The lowest BCUT2D eigenvalue weighted by Crippen LogP contribution is -2.02. The number of aromatic nitrogens is 3. The molecule has 210 valence electrons. The van der Waals surface area contributed by atoms with Crippen molar-refractivity contribution in [1.29, 1.82) is 0 Å². The van der Waals surface area contributed by atoms with Crippen molar-refractivity contribution in [3.8, 4) is 28.3 Å². The Balaban J connectivity index is 1.34. The van der Waals surface area contributed by atoms with Crippen LogP contribution in [0.2, 0.25) is 0 Å². The Hall–Kier alpha value is -5.36. The van der Waals surface area contributed by atoms with Crippen LogP contribution in [-0.2, 0) is 0 Å². The van der Waals surface area contributed by atoms with E-state index in [1.807, 2.05) is 11.3 Å². The minimum absolute atomic E-state index is 0.697. The molecule has 10 rings (SSSR count). The van der Waals surface area contributed by atoms with Crippen molar-refractivity contribution in [3.63, 3.8) is 0 Å². The number of fused-ring (bicyclic) bond motifs is 10. The molecule has 0 radical (unpaired) electrons. The summed E-state index contributed by atoms with van der Waals surface area (Å²) in [5, 5.41) is 6.14. The smallest absolute Gasteiger partial charge is 0.235 e. The predicted octanol–water partition coefficient (Wildman–Crippen LogP) is 11.6. The molecule has 0 saturated carbocycles. The van der Waals surface area contributed by atoms with Crippen molar-refractivity contribution in [1.82, 2.24) is 14.5 Å². The van der Waals surface area contributed by atoms with Gasteiger partial charge in [-0.1, -0.05) is 115 Å². The molecule has 3 nitrogen and oxygen atoms in total. The molecule has 10 aromatic rings. The van der Waals surface area contributed by atoms with Crippen LogP contribution in [0, 0.1) is 0 Å². The average Bonchev–Trinajstić information content (AvgIpc) is 3.78. The van der Waals surface area contributed by atoms with E-state index in [4.69, 9.17) is 9.97 Å². The number of para-hydroxylation sites is 1.